The van der Waals surface area contributed by atoms with E-state index >= 15 is 0 Å². The van der Waals surface area contributed by atoms with Gasteiger partial charge < -0.3 is 15.1 Å². The first-order valence-electron chi connectivity index (χ1n) is 8.92. The molecule has 2 N–H and O–H groups in total. The van der Waals surface area contributed by atoms with Crippen LogP contribution in [0.4, 0.5) is 17.1 Å². The van der Waals surface area contributed by atoms with Crippen LogP contribution in [0.15, 0.2) is 39.4 Å². The zero-order valence-corrected chi connectivity index (χ0v) is 15.8. The standard InChI is InChI=1S/C19H21N3O4S/c1-27(25,26)13-6-7-15(17(23)11-13)20-21-16-10-12-4-2-8-22-9-3-5-14(18(12)22)19(16)24/h6-7,10-11,23-24H,2-5,8-9H2,1H3. The van der Waals surface area contributed by atoms with Gasteiger partial charge in [-0.2, -0.15) is 0 Å². The fourth-order valence-corrected chi connectivity index (χ4v) is 4.47. The Balaban J connectivity index is 1.71. The van der Waals surface area contributed by atoms with Gasteiger partial charge in [-0.05, 0) is 49.4 Å². The lowest BCUT2D eigenvalue weighted by Crippen LogP contribution is -2.34. The Morgan fingerprint density at radius 1 is 1.00 bits per heavy atom. The molecule has 2 heterocycles. The number of aryl methyl sites for hydroxylation is 1. The van der Waals surface area contributed by atoms with Crippen LogP contribution in [0.1, 0.15) is 24.0 Å². The highest BCUT2D eigenvalue weighted by atomic mass is 32.2. The second-order valence-corrected chi connectivity index (χ2v) is 9.06. The van der Waals surface area contributed by atoms with E-state index in [-0.39, 0.29) is 22.1 Å². The lowest BCUT2D eigenvalue weighted by Gasteiger charge is -2.37. The fraction of sp³-hybridized carbons (Fsp3) is 0.368. The minimum atomic E-state index is -3.41. The first-order chi connectivity index (χ1) is 12.8. The molecule has 7 nitrogen and oxygen atoms in total. The third kappa shape index (κ3) is 3.25. The molecule has 142 valence electrons. The molecular formula is C19H21N3O4S. The Labute approximate surface area is 157 Å². The van der Waals surface area contributed by atoms with Crippen LogP contribution < -0.4 is 4.90 Å². The third-order valence-corrected chi connectivity index (χ3v) is 6.23. The average molecular weight is 387 g/mol. The molecule has 4 rings (SSSR count). The number of rotatable bonds is 3. The summed E-state index contributed by atoms with van der Waals surface area (Å²) in [6.45, 7) is 2.03. The third-order valence-electron chi connectivity index (χ3n) is 5.12. The Kier molecular flexibility index (Phi) is 4.30. The highest BCUT2D eigenvalue weighted by molar-refractivity contribution is 7.90. The zero-order valence-electron chi connectivity index (χ0n) is 15.0. The van der Waals surface area contributed by atoms with Gasteiger partial charge in [0.2, 0.25) is 0 Å². The molecule has 0 spiro atoms. The van der Waals surface area contributed by atoms with Crippen molar-refractivity contribution in [3.05, 3.63) is 35.4 Å². The van der Waals surface area contributed by atoms with Crippen LogP contribution in [0.25, 0.3) is 0 Å². The summed E-state index contributed by atoms with van der Waals surface area (Å²) in [6.07, 6.45) is 4.89. The van der Waals surface area contributed by atoms with E-state index in [4.69, 9.17) is 0 Å². The summed E-state index contributed by atoms with van der Waals surface area (Å²) >= 11 is 0. The van der Waals surface area contributed by atoms with E-state index in [1.807, 2.05) is 6.07 Å². The van der Waals surface area contributed by atoms with E-state index in [9.17, 15) is 18.6 Å². The number of aromatic hydroxyl groups is 2. The van der Waals surface area contributed by atoms with Crippen LogP contribution in [0, 0.1) is 0 Å². The second kappa shape index (κ2) is 6.53. The molecule has 2 aromatic carbocycles. The predicted molar refractivity (Wildman–Crippen MR) is 102 cm³/mol. The maximum Gasteiger partial charge on any atom is 0.175 e. The van der Waals surface area contributed by atoms with E-state index in [1.165, 1.54) is 17.7 Å². The lowest BCUT2D eigenvalue weighted by molar-refractivity contribution is 0.463. The summed E-state index contributed by atoms with van der Waals surface area (Å²) in [5.41, 5.74) is 3.75. The number of hydrogen-bond acceptors (Lipinski definition) is 7. The van der Waals surface area contributed by atoms with Gasteiger partial charge in [0.1, 0.15) is 22.9 Å². The number of azo groups is 1. The van der Waals surface area contributed by atoms with Crippen LogP contribution in [0.5, 0.6) is 11.5 Å². The van der Waals surface area contributed by atoms with Gasteiger partial charge in [0.25, 0.3) is 0 Å². The molecule has 2 aliphatic rings. The van der Waals surface area contributed by atoms with Crippen molar-refractivity contribution in [2.45, 2.75) is 30.6 Å². The van der Waals surface area contributed by atoms with Crippen molar-refractivity contribution in [3.63, 3.8) is 0 Å². The summed E-state index contributed by atoms with van der Waals surface area (Å²) in [7, 11) is -3.41. The van der Waals surface area contributed by atoms with Gasteiger partial charge >= 0.3 is 0 Å². The van der Waals surface area contributed by atoms with Crippen molar-refractivity contribution >= 4 is 26.9 Å². The number of benzene rings is 2. The average Bonchev–Trinajstić information content (AvgIpc) is 2.63. The molecule has 0 atom stereocenters. The maximum absolute atomic E-state index is 11.6. The van der Waals surface area contributed by atoms with Gasteiger partial charge in [-0.15, -0.1) is 10.2 Å². The molecule has 2 aromatic rings. The van der Waals surface area contributed by atoms with Crippen molar-refractivity contribution in [1.82, 2.24) is 0 Å². The number of phenols is 2. The molecule has 0 aliphatic carbocycles. The van der Waals surface area contributed by atoms with Gasteiger partial charge in [-0.1, -0.05) is 0 Å². The summed E-state index contributed by atoms with van der Waals surface area (Å²) in [5, 5.41) is 28.9. The Bertz CT molecular complexity index is 1050. The zero-order chi connectivity index (χ0) is 19.2. The molecule has 0 saturated heterocycles. The molecule has 0 bridgehead atoms. The second-order valence-electron chi connectivity index (χ2n) is 7.05. The van der Waals surface area contributed by atoms with Crippen molar-refractivity contribution in [3.8, 4) is 11.5 Å². The SMILES string of the molecule is CS(=O)(=O)c1ccc(N=Nc2cc3c4c(c2O)CCCN4CCC3)c(O)c1. The molecule has 0 saturated carbocycles. The molecule has 0 aromatic heterocycles. The minimum absolute atomic E-state index is 0.0140. The largest absolute Gasteiger partial charge is 0.506 e. The quantitative estimate of drug-likeness (QED) is 0.783. The van der Waals surface area contributed by atoms with E-state index in [2.05, 4.69) is 15.1 Å². The van der Waals surface area contributed by atoms with Crippen LogP contribution in [0.2, 0.25) is 0 Å². The fourth-order valence-electron chi connectivity index (χ4n) is 3.83. The molecule has 0 fully saturated rings. The van der Waals surface area contributed by atoms with Crippen molar-refractivity contribution in [1.29, 1.82) is 0 Å². The molecular weight excluding hydrogens is 366 g/mol. The molecule has 27 heavy (non-hydrogen) atoms. The maximum atomic E-state index is 11.6. The predicted octanol–water partition coefficient (Wildman–Crippen LogP) is 3.62. The topological polar surface area (TPSA) is 103 Å². The van der Waals surface area contributed by atoms with E-state index in [1.54, 1.807) is 0 Å². The number of anilines is 1. The summed E-state index contributed by atoms with van der Waals surface area (Å²) in [4.78, 5) is 2.34. The smallest absolute Gasteiger partial charge is 0.175 e. The highest BCUT2D eigenvalue weighted by Gasteiger charge is 2.27. The monoisotopic (exact) mass is 387 g/mol. The summed E-state index contributed by atoms with van der Waals surface area (Å²) < 4.78 is 23.1. The first kappa shape index (κ1) is 17.8. The van der Waals surface area contributed by atoms with E-state index in [0.717, 1.165) is 62.3 Å². The number of hydrogen-bond donors (Lipinski definition) is 2. The van der Waals surface area contributed by atoms with Crippen LogP contribution in [-0.4, -0.2) is 38.0 Å². The van der Waals surface area contributed by atoms with Crippen LogP contribution >= 0.6 is 0 Å². The summed E-state index contributed by atoms with van der Waals surface area (Å²) in [5.74, 6) is -0.136. The Morgan fingerprint density at radius 2 is 1.70 bits per heavy atom. The Hall–Kier alpha value is -2.61. The minimum Gasteiger partial charge on any atom is -0.506 e. The van der Waals surface area contributed by atoms with Gasteiger partial charge in [-0.25, -0.2) is 8.42 Å². The highest BCUT2D eigenvalue weighted by Crippen LogP contribution is 2.45. The van der Waals surface area contributed by atoms with Crippen LogP contribution in [0.3, 0.4) is 0 Å². The normalized spacial score (nSPS) is 16.6. The van der Waals surface area contributed by atoms with E-state index in [0.29, 0.717) is 5.69 Å². The Morgan fingerprint density at radius 3 is 2.41 bits per heavy atom. The van der Waals surface area contributed by atoms with Crippen molar-refractivity contribution in [2.75, 3.05) is 24.2 Å². The van der Waals surface area contributed by atoms with Gasteiger partial charge in [-0.3, -0.25) is 0 Å². The summed E-state index contributed by atoms with van der Waals surface area (Å²) in [6, 6.07) is 5.78. The van der Waals surface area contributed by atoms with Gasteiger partial charge in [0.15, 0.2) is 9.84 Å². The number of nitrogens with zero attached hydrogens (tertiary/aromatic N) is 3. The molecule has 0 radical (unpaired) electrons. The van der Waals surface area contributed by atoms with Gasteiger partial charge in [0, 0.05) is 36.7 Å². The first-order valence-corrected chi connectivity index (χ1v) is 10.8. The number of phenolic OH excluding ortho intramolecular Hbond substituents is 2. The number of sulfone groups is 1. The van der Waals surface area contributed by atoms with Gasteiger partial charge in [0.05, 0.1) is 4.90 Å². The van der Waals surface area contributed by atoms with E-state index < -0.39 is 9.84 Å². The molecule has 2 aliphatic heterocycles. The van der Waals surface area contributed by atoms with Crippen LogP contribution in [-0.2, 0) is 22.7 Å². The van der Waals surface area contributed by atoms with Crippen molar-refractivity contribution in [2.24, 2.45) is 10.2 Å². The van der Waals surface area contributed by atoms with Crippen molar-refractivity contribution < 1.29 is 18.6 Å². The molecule has 8 heteroatoms. The lowest BCUT2D eigenvalue weighted by atomic mass is 9.90. The molecule has 0 amide bonds. The molecule has 0 unspecified atom stereocenters.